The fraction of sp³-hybridized carbons (Fsp3) is 0.440. The van der Waals surface area contributed by atoms with Crippen LogP contribution in [0.1, 0.15) is 81.5 Å². The predicted octanol–water partition coefficient (Wildman–Crippen LogP) is 7.12. The van der Waals surface area contributed by atoms with Crippen molar-refractivity contribution in [1.29, 1.82) is 0 Å². The number of rotatable bonds is 5. The average molecular weight is 363 g/mol. The number of anilines is 2. The van der Waals surface area contributed by atoms with E-state index in [1.54, 1.807) is 0 Å². The van der Waals surface area contributed by atoms with Crippen LogP contribution in [0.25, 0.3) is 0 Å². The zero-order valence-electron chi connectivity index (χ0n) is 18.0. The lowest BCUT2D eigenvalue weighted by atomic mass is 9.92. The SMILES string of the molecule is Cc1cccc(C(C)C)c1N1C=CN(c2c(C(C)C)cccc2C(C)C)C1. The summed E-state index contributed by atoms with van der Waals surface area (Å²) < 4.78 is 0. The lowest BCUT2D eigenvalue weighted by Crippen LogP contribution is -2.27. The van der Waals surface area contributed by atoms with Gasteiger partial charge in [-0.15, -0.1) is 0 Å². The van der Waals surface area contributed by atoms with Gasteiger partial charge in [-0.05, 0) is 46.9 Å². The van der Waals surface area contributed by atoms with Gasteiger partial charge in [-0.25, -0.2) is 0 Å². The van der Waals surface area contributed by atoms with Crippen LogP contribution in [0.2, 0.25) is 0 Å². The maximum Gasteiger partial charge on any atom is 0.0989 e. The molecule has 0 saturated heterocycles. The van der Waals surface area contributed by atoms with E-state index in [1.807, 2.05) is 0 Å². The van der Waals surface area contributed by atoms with Crippen LogP contribution in [0.3, 0.4) is 0 Å². The molecule has 0 fully saturated rings. The Morgan fingerprint density at radius 1 is 0.630 bits per heavy atom. The molecule has 2 aromatic rings. The van der Waals surface area contributed by atoms with Gasteiger partial charge < -0.3 is 9.80 Å². The molecule has 1 aliphatic heterocycles. The lowest BCUT2D eigenvalue weighted by Gasteiger charge is -2.30. The zero-order chi connectivity index (χ0) is 19.7. The van der Waals surface area contributed by atoms with Gasteiger partial charge in [0.1, 0.15) is 0 Å². The van der Waals surface area contributed by atoms with Crippen LogP contribution in [0, 0.1) is 6.92 Å². The van der Waals surface area contributed by atoms with Crippen molar-refractivity contribution in [3.63, 3.8) is 0 Å². The highest BCUT2D eigenvalue weighted by molar-refractivity contribution is 5.70. The van der Waals surface area contributed by atoms with Crippen molar-refractivity contribution in [2.75, 3.05) is 16.5 Å². The van der Waals surface area contributed by atoms with Crippen molar-refractivity contribution < 1.29 is 0 Å². The normalized spacial score (nSPS) is 14.3. The Hall–Kier alpha value is -2.22. The Morgan fingerprint density at radius 2 is 1.04 bits per heavy atom. The van der Waals surface area contributed by atoms with Crippen LogP contribution in [-0.4, -0.2) is 6.67 Å². The van der Waals surface area contributed by atoms with E-state index in [-0.39, 0.29) is 0 Å². The number of aryl methyl sites for hydroxylation is 1. The second-order valence-electron chi connectivity index (χ2n) is 8.64. The summed E-state index contributed by atoms with van der Waals surface area (Å²) in [6, 6.07) is 13.5. The summed E-state index contributed by atoms with van der Waals surface area (Å²) in [5.41, 5.74) is 8.38. The summed E-state index contributed by atoms with van der Waals surface area (Å²) in [5.74, 6) is 1.52. The first-order valence-corrected chi connectivity index (χ1v) is 10.2. The molecule has 2 aromatic carbocycles. The Morgan fingerprint density at radius 3 is 1.52 bits per heavy atom. The highest BCUT2D eigenvalue weighted by Gasteiger charge is 2.25. The second kappa shape index (κ2) is 7.80. The molecule has 0 N–H and O–H groups in total. The van der Waals surface area contributed by atoms with E-state index < -0.39 is 0 Å². The second-order valence-corrected chi connectivity index (χ2v) is 8.64. The Kier molecular flexibility index (Phi) is 5.64. The van der Waals surface area contributed by atoms with Gasteiger partial charge in [0.05, 0.1) is 6.67 Å². The summed E-state index contributed by atoms with van der Waals surface area (Å²) in [7, 11) is 0. The van der Waals surface area contributed by atoms with Crippen LogP contribution in [0.5, 0.6) is 0 Å². The van der Waals surface area contributed by atoms with Crippen LogP contribution in [0.4, 0.5) is 11.4 Å². The molecule has 0 spiro atoms. The monoisotopic (exact) mass is 362 g/mol. The summed E-state index contributed by atoms with van der Waals surface area (Å²) in [4.78, 5) is 4.84. The molecule has 144 valence electrons. The van der Waals surface area contributed by atoms with Gasteiger partial charge >= 0.3 is 0 Å². The van der Waals surface area contributed by atoms with E-state index in [2.05, 4.69) is 107 Å². The van der Waals surface area contributed by atoms with Gasteiger partial charge in [-0.2, -0.15) is 0 Å². The van der Waals surface area contributed by atoms with Crippen molar-refractivity contribution in [2.45, 2.75) is 66.2 Å². The Balaban J connectivity index is 2.01. The van der Waals surface area contributed by atoms with Crippen LogP contribution in [0.15, 0.2) is 48.8 Å². The van der Waals surface area contributed by atoms with Gasteiger partial charge in [0, 0.05) is 23.8 Å². The molecule has 0 aliphatic carbocycles. The third-order valence-corrected chi connectivity index (χ3v) is 5.54. The molecule has 2 nitrogen and oxygen atoms in total. The van der Waals surface area contributed by atoms with E-state index >= 15 is 0 Å². The number of hydrogen-bond acceptors (Lipinski definition) is 2. The summed E-state index contributed by atoms with van der Waals surface area (Å²) >= 11 is 0. The summed E-state index contributed by atoms with van der Waals surface area (Å²) in [6.45, 7) is 16.8. The van der Waals surface area contributed by atoms with Crippen molar-refractivity contribution >= 4 is 11.4 Å². The molecule has 0 amide bonds. The molecular formula is C25H34N2. The molecule has 2 heteroatoms. The largest absolute Gasteiger partial charge is 0.328 e. The molecule has 0 atom stereocenters. The van der Waals surface area contributed by atoms with E-state index in [0.29, 0.717) is 17.8 Å². The van der Waals surface area contributed by atoms with Gasteiger partial charge in [0.25, 0.3) is 0 Å². The number of nitrogens with zero attached hydrogens (tertiary/aromatic N) is 2. The molecule has 1 aliphatic rings. The first-order chi connectivity index (χ1) is 12.8. The van der Waals surface area contributed by atoms with Gasteiger partial charge in [-0.1, -0.05) is 77.9 Å². The molecule has 27 heavy (non-hydrogen) atoms. The third kappa shape index (κ3) is 3.76. The standard InChI is InChI=1S/C25H34N2/c1-17(2)21-11-8-10-20(7)24(21)26-14-15-27(16-26)25-22(18(3)4)12-9-13-23(25)19(5)6/h8-15,17-19H,16H2,1-7H3. The van der Waals surface area contributed by atoms with Gasteiger partial charge in [0.15, 0.2) is 0 Å². The minimum atomic E-state index is 0.505. The zero-order valence-corrected chi connectivity index (χ0v) is 18.0. The van der Waals surface area contributed by atoms with E-state index in [1.165, 1.54) is 33.6 Å². The average Bonchev–Trinajstić information content (AvgIpc) is 3.09. The van der Waals surface area contributed by atoms with Crippen molar-refractivity contribution in [1.82, 2.24) is 0 Å². The first kappa shape index (κ1) is 19.5. The van der Waals surface area contributed by atoms with Crippen molar-refractivity contribution in [2.24, 2.45) is 0 Å². The Bertz CT molecular complexity index is 804. The van der Waals surface area contributed by atoms with E-state index in [4.69, 9.17) is 0 Å². The Labute approximate surface area is 165 Å². The van der Waals surface area contributed by atoms with Crippen molar-refractivity contribution in [3.05, 3.63) is 71.1 Å². The quantitative estimate of drug-likeness (QED) is 0.558. The molecule has 0 saturated carbocycles. The smallest absolute Gasteiger partial charge is 0.0989 e. The van der Waals surface area contributed by atoms with Crippen LogP contribution < -0.4 is 9.80 Å². The molecule has 3 rings (SSSR count). The van der Waals surface area contributed by atoms with Crippen LogP contribution in [-0.2, 0) is 0 Å². The minimum Gasteiger partial charge on any atom is -0.328 e. The third-order valence-electron chi connectivity index (χ3n) is 5.54. The molecule has 0 unspecified atom stereocenters. The molecule has 0 radical (unpaired) electrons. The van der Waals surface area contributed by atoms with Gasteiger partial charge in [-0.3, -0.25) is 0 Å². The molecular weight excluding hydrogens is 328 g/mol. The number of para-hydroxylation sites is 2. The highest BCUT2D eigenvalue weighted by atomic mass is 15.3. The number of benzene rings is 2. The maximum atomic E-state index is 2.43. The lowest BCUT2D eigenvalue weighted by molar-refractivity contribution is 0.813. The first-order valence-electron chi connectivity index (χ1n) is 10.2. The van der Waals surface area contributed by atoms with E-state index in [9.17, 15) is 0 Å². The van der Waals surface area contributed by atoms with Crippen molar-refractivity contribution in [3.8, 4) is 0 Å². The van der Waals surface area contributed by atoms with Gasteiger partial charge in [0.2, 0.25) is 0 Å². The summed E-state index contributed by atoms with van der Waals surface area (Å²) in [6.07, 6.45) is 4.50. The molecule has 1 heterocycles. The van der Waals surface area contributed by atoms with E-state index in [0.717, 1.165) is 6.67 Å². The van der Waals surface area contributed by atoms with Crippen LogP contribution >= 0.6 is 0 Å². The predicted molar refractivity (Wildman–Crippen MR) is 119 cm³/mol. The minimum absolute atomic E-state index is 0.505. The fourth-order valence-corrected chi connectivity index (χ4v) is 4.09. The fourth-order valence-electron chi connectivity index (χ4n) is 4.09. The molecule has 0 bridgehead atoms. The number of hydrogen-bond donors (Lipinski definition) is 0. The maximum absolute atomic E-state index is 2.43. The summed E-state index contributed by atoms with van der Waals surface area (Å²) in [5, 5.41) is 0. The molecule has 0 aromatic heterocycles. The topological polar surface area (TPSA) is 6.48 Å². The highest BCUT2D eigenvalue weighted by Crippen LogP contribution is 2.39.